The Bertz CT molecular complexity index is 423. The topological polar surface area (TPSA) is 29.3 Å². The van der Waals surface area contributed by atoms with Crippen molar-refractivity contribution in [2.45, 2.75) is 51.6 Å². The van der Waals surface area contributed by atoms with Gasteiger partial charge in [0, 0.05) is 19.1 Å². The van der Waals surface area contributed by atoms with Crippen molar-refractivity contribution in [2.75, 3.05) is 11.9 Å². The Morgan fingerprint density at radius 2 is 1.89 bits per heavy atom. The number of hydrogen-bond donors (Lipinski definition) is 1. The monoisotopic (exact) mass is 280 g/mol. The van der Waals surface area contributed by atoms with E-state index in [1.807, 2.05) is 13.0 Å². The Hall–Kier alpha value is -0.730. The summed E-state index contributed by atoms with van der Waals surface area (Å²) < 4.78 is 0. The van der Waals surface area contributed by atoms with Crippen LogP contribution in [0.1, 0.15) is 51.1 Å². The highest BCUT2D eigenvalue weighted by Gasteiger charge is 2.23. The summed E-state index contributed by atoms with van der Waals surface area (Å²) in [5.74, 6) is 0.876. The predicted octanol–water partition coefficient (Wildman–Crippen LogP) is 4.37. The Balaban J connectivity index is 2.12. The third-order valence-electron chi connectivity index (χ3n) is 4.41. The maximum atomic E-state index is 6.42. The van der Waals surface area contributed by atoms with Crippen molar-refractivity contribution < 1.29 is 0 Å². The van der Waals surface area contributed by atoms with Gasteiger partial charge in [0.15, 0.2) is 0 Å². The summed E-state index contributed by atoms with van der Waals surface area (Å²) in [6, 6.07) is 6.86. The van der Waals surface area contributed by atoms with Gasteiger partial charge in [-0.25, -0.2) is 0 Å². The molecular formula is C16H25ClN2. The van der Waals surface area contributed by atoms with E-state index in [1.54, 1.807) is 0 Å². The lowest BCUT2D eigenvalue weighted by atomic mass is 9.86. The maximum absolute atomic E-state index is 6.42. The zero-order valence-corrected chi connectivity index (χ0v) is 13.0. The van der Waals surface area contributed by atoms with E-state index in [9.17, 15) is 0 Å². The van der Waals surface area contributed by atoms with Crippen LogP contribution >= 0.6 is 11.6 Å². The molecule has 1 saturated carbocycles. The molecule has 3 heteroatoms. The molecule has 0 amide bonds. The summed E-state index contributed by atoms with van der Waals surface area (Å²) in [6.45, 7) is 4.33. The second-order valence-corrected chi connectivity index (χ2v) is 6.43. The predicted molar refractivity (Wildman–Crippen MR) is 83.9 cm³/mol. The molecule has 0 saturated heterocycles. The van der Waals surface area contributed by atoms with E-state index in [1.165, 1.54) is 25.7 Å². The molecule has 0 heterocycles. The number of halogens is 1. The zero-order chi connectivity index (χ0) is 14.0. The van der Waals surface area contributed by atoms with Gasteiger partial charge < -0.3 is 10.6 Å². The molecule has 0 aromatic heterocycles. The molecule has 1 fully saturated rings. The molecule has 2 nitrogen and oxygen atoms in total. The van der Waals surface area contributed by atoms with Crippen LogP contribution in [0.4, 0.5) is 5.69 Å². The van der Waals surface area contributed by atoms with Gasteiger partial charge in [-0.1, -0.05) is 24.6 Å². The number of hydrogen-bond acceptors (Lipinski definition) is 2. The Labute approximate surface area is 121 Å². The minimum absolute atomic E-state index is 0.0346. The lowest BCUT2D eigenvalue weighted by molar-refractivity contribution is 0.341. The van der Waals surface area contributed by atoms with E-state index in [4.69, 9.17) is 17.3 Å². The third kappa shape index (κ3) is 3.43. The number of nitrogens with two attached hydrogens (primary N) is 1. The minimum Gasteiger partial charge on any atom is -0.370 e. The van der Waals surface area contributed by atoms with E-state index in [0.717, 1.165) is 22.2 Å². The van der Waals surface area contributed by atoms with Crippen LogP contribution in [0.15, 0.2) is 18.2 Å². The Kier molecular flexibility index (Phi) is 4.75. The van der Waals surface area contributed by atoms with Crippen molar-refractivity contribution in [1.29, 1.82) is 0 Å². The van der Waals surface area contributed by atoms with Gasteiger partial charge in [0.2, 0.25) is 0 Å². The highest BCUT2D eigenvalue weighted by Crippen LogP contribution is 2.33. The lowest BCUT2D eigenvalue weighted by Gasteiger charge is -2.35. The first-order valence-corrected chi connectivity index (χ1v) is 7.64. The SMILES string of the molecule is CC1CCC(N(C)c2ccc([C@@H](C)N)cc2Cl)CC1. The molecule has 0 bridgehead atoms. The van der Waals surface area contributed by atoms with Crippen molar-refractivity contribution in [3.63, 3.8) is 0 Å². The third-order valence-corrected chi connectivity index (χ3v) is 4.71. The molecular weight excluding hydrogens is 256 g/mol. The second kappa shape index (κ2) is 6.15. The molecule has 0 radical (unpaired) electrons. The molecule has 0 spiro atoms. The maximum Gasteiger partial charge on any atom is 0.0642 e. The van der Waals surface area contributed by atoms with Gasteiger partial charge in [-0.15, -0.1) is 0 Å². The largest absolute Gasteiger partial charge is 0.370 e. The van der Waals surface area contributed by atoms with Crippen LogP contribution in [0, 0.1) is 5.92 Å². The Morgan fingerprint density at radius 1 is 1.26 bits per heavy atom. The van der Waals surface area contributed by atoms with Crippen LogP contribution in [0.25, 0.3) is 0 Å². The smallest absolute Gasteiger partial charge is 0.0642 e. The molecule has 1 aromatic rings. The molecule has 1 aliphatic rings. The van der Waals surface area contributed by atoms with Gasteiger partial charge in [-0.2, -0.15) is 0 Å². The van der Waals surface area contributed by atoms with Gasteiger partial charge in [-0.3, -0.25) is 0 Å². The highest BCUT2D eigenvalue weighted by molar-refractivity contribution is 6.33. The van der Waals surface area contributed by atoms with Crippen LogP contribution in [0.3, 0.4) is 0 Å². The quantitative estimate of drug-likeness (QED) is 0.890. The molecule has 1 aliphatic carbocycles. The van der Waals surface area contributed by atoms with Crippen molar-refractivity contribution in [3.8, 4) is 0 Å². The molecule has 0 aliphatic heterocycles. The zero-order valence-electron chi connectivity index (χ0n) is 12.2. The molecule has 0 unspecified atom stereocenters. The standard InChI is InChI=1S/C16H25ClN2/c1-11-4-7-14(8-5-11)19(3)16-9-6-13(12(2)18)10-15(16)17/h6,9-12,14H,4-5,7-8,18H2,1-3H3/t11?,12-,14?/m1/s1. The first-order valence-electron chi connectivity index (χ1n) is 7.27. The molecule has 19 heavy (non-hydrogen) atoms. The van der Waals surface area contributed by atoms with E-state index in [-0.39, 0.29) is 6.04 Å². The molecule has 2 rings (SSSR count). The fraction of sp³-hybridized carbons (Fsp3) is 0.625. The molecule has 1 aromatic carbocycles. The average Bonchev–Trinajstić information content (AvgIpc) is 2.38. The number of nitrogens with zero attached hydrogens (tertiary/aromatic N) is 1. The van der Waals surface area contributed by atoms with Gasteiger partial charge in [-0.05, 0) is 56.2 Å². The van der Waals surface area contributed by atoms with Crippen molar-refractivity contribution in [3.05, 3.63) is 28.8 Å². The van der Waals surface area contributed by atoms with Crippen LogP contribution in [-0.2, 0) is 0 Å². The van der Waals surface area contributed by atoms with Crippen LogP contribution < -0.4 is 10.6 Å². The number of benzene rings is 1. The lowest BCUT2D eigenvalue weighted by Crippen LogP contribution is -2.35. The van der Waals surface area contributed by atoms with Crippen LogP contribution in [0.5, 0.6) is 0 Å². The highest BCUT2D eigenvalue weighted by atomic mass is 35.5. The molecule has 2 N–H and O–H groups in total. The summed E-state index contributed by atoms with van der Waals surface area (Å²) in [5.41, 5.74) is 8.12. The second-order valence-electron chi connectivity index (χ2n) is 6.02. The van der Waals surface area contributed by atoms with Crippen molar-refractivity contribution >= 4 is 17.3 Å². The van der Waals surface area contributed by atoms with E-state index in [2.05, 4.69) is 31.0 Å². The van der Waals surface area contributed by atoms with Gasteiger partial charge in [0.05, 0.1) is 10.7 Å². The van der Waals surface area contributed by atoms with Crippen LogP contribution in [0.2, 0.25) is 5.02 Å². The van der Waals surface area contributed by atoms with Crippen molar-refractivity contribution in [2.24, 2.45) is 11.7 Å². The first-order chi connectivity index (χ1) is 8.99. The average molecular weight is 281 g/mol. The summed E-state index contributed by atoms with van der Waals surface area (Å²) in [4.78, 5) is 2.35. The number of rotatable bonds is 3. The van der Waals surface area contributed by atoms with Crippen LogP contribution in [-0.4, -0.2) is 13.1 Å². The summed E-state index contributed by atoms with van der Waals surface area (Å²) in [7, 11) is 2.16. The summed E-state index contributed by atoms with van der Waals surface area (Å²) in [5, 5.41) is 0.816. The first kappa shape index (κ1) is 14.7. The van der Waals surface area contributed by atoms with E-state index >= 15 is 0 Å². The van der Waals surface area contributed by atoms with E-state index < -0.39 is 0 Å². The number of anilines is 1. The summed E-state index contributed by atoms with van der Waals surface area (Å²) in [6.07, 6.45) is 5.18. The summed E-state index contributed by atoms with van der Waals surface area (Å²) >= 11 is 6.42. The normalized spacial score (nSPS) is 25.1. The fourth-order valence-electron chi connectivity index (χ4n) is 2.92. The van der Waals surface area contributed by atoms with Gasteiger partial charge in [0.1, 0.15) is 0 Å². The van der Waals surface area contributed by atoms with Gasteiger partial charge >= 0.3 is 0 Å². The van der Waals surface area contributed by atoms with E-state index in [0.29, 0.717) is 6.04 Å². The molecule has 1 atom stereocenters. The minimum atomic E-state index is 0.0346. The van der Waals surface area contributed by atoms with Gasteiger partial charge in [0.25, 0.3) is 0 Å². The fourth-order valence-corrected chi connectivity index (χ4v) is 3.24. The molecule has 106 valence electrons. The Morgan fingerprint density at radius 3 is 2.42 bits per heavy atom. The van der Waals surface area contributed by atoms with Crippen molar-refractivity contribution in [1.82, 2.24) is 0 Å².